The second-order valence-corrected chi connectivity index (χ2v) is 6.34. The van der Waals surface area contributed by atoms with Gasteiger partial charge in [0.15, 0.2) is 11.5 Å². The molecule has 28 heavy (non-hydrogen) atoms. The Morgan fingerprint density at radius 2 is 1.86 bits per heavy atom. The second kappa shape index (κ2) is 8.40. The van der Waals surface area contributed by atoms with E-state index in [4.69, 9.17) is 14.2 Å². The van der Waals surface area contributed by atoms with Crippen molar-refractivity contribution < 1.29 is 23.8 Å². The van der Waals surface area contributed by atoms with Crippen LogP contribution in [0.25, 0.3) is 6.08 Å². The van der Waals surface area contributed by atoms with Gasteiger partial charge in [0.05, 0.1) is 20.1 Å². The number of nitrogens with zero attached hydrogens (tertiary/aromatic N) is 1. The predicted octanol–water partition coefficient (Wildman–Crippen LogP) is 3.81. The normalized spacial score (nSPS) is 13.4. The molecule has 0 amide bonds. The zero-order valence-electron chi connectivity index (χ0n) is 15.6. The molecular formula is C22H19NO5. The molecule has 0 unspecified atom stereocenters. The maximum Gasteiger partial charge on any atom is 0.314 e. The van der Waals surface area contributed by atoms with Gasteiger partial charge in [0, 0.05) is 5.56 Å². The van der Waals surface area contributed by atoms with Crippen molar-refractivity contribution in [2.24, 2.45) is 5.92 Å². The summed E-state index contributed by atoms with van der Waals surface area (Å²) in [6.45, 7) is 0. The fourth-order valence-electron chi connectivity index (χ4n) is 2.60. The summed E-state index contributed by atoms with van der Waals surface area (Å²) in [5.74, 6) is 0.488. The maximum absolute atomic E-state index is 12.7. The van der Waals surface area contributed by atoms with Crippen molar-refractivity contribution in [1.82, 2.24) is 0 Å². The minimum Gasteiger partial charge on any atom is -0.497 e. The first-order chi connectivity index (χ1) is 13.5. The van der Waals surface area contributed by atoms with E-state index in [-0.39, 0.29) is 17.5 Å². The molecule has 1 aliphatic rings. The number of rotatable bonds is 7. The van der Waals surface area contributed by atoms with Crippen LogP contribution in [0.2, 0.25) is 0 Å². The Balaban J connectivity index is 1.86. The zero-order chi connectivity index (χ0) is 20.1. The smallest absolute Gasteiger partial charge is 0.314 e. The summed E-state index contributed by atoms with van der Waals surface area (Å²) >= 11 is 0. The lowest BCUT2D eigenvalue weighted by Gasteiger charge is -2.10. The molecule has 3 rings (SSSR count). The fraction of sp³-hybridized carbons (Fsp3) is 0.227. The monoisotopic (exact) mass is 377 g/mol. The lowest BCUT2D eigenvalue weighted by molar-refractivity contribution is -0.135. The molecule has 1 saturated carbocycles. The van der Waals surface area contributed by atoms with E-state index >= 15 is 0 Å². The molecule has 0 saturated heterocycles. The molecule has 0 spiro atoms. The highest BCUT2D eigenvalue weighted by molar-refractivity contribution is 6.14. The summed E-state index contributed by atoms with van der Waals surface area (Å²) in [6.07, 6.45) is 3.16. The van der Waals surface area contributed by atoms with Gasteiger partial charge in [-0.3, -0.25) is 9.59 Å². The topological polar surface area (TPSA) is 85.6 Å². The Hall–Kier alpha value is -3.59. The molecule has 0 aliphatic heterocycles. The summed E-state index contributed by atoms with van der Waals surface area (Å²) in [6, 6.07) is 13.4. The average molecular weight is 377 g/mol. The molecule has 0 radical (unpaired) electrons. The molecule has 6 heteroatoms. The largest absolute Gasteiger partial charge is 0.497 e. The molecule has 1 fully saturated rings. The van der Waals surface area contributed by atoms with Gasteiger partial charge in [-0.1, -0.05) is 18.2 Å². The minimum atomic E-state index is -0.412. The van der Waals surface area contributed by atoms with Crippen molar-refractivity contribution in [2.75, 3.05) is 14.2 Å². The van der Waals surface area contributed by atoms with Crippen LogP contribution in [0.1, 0.15) is 28.8 Å². The van der Waals surface area contributed by atoms with E-state index in [0.717, 1.165) is 12.8 Å². The summed E-state index contributed by atoms with van der Waals surface area (Å²) < 4.78 is 15.8. The number of nitriles is 1. The standard InChI is InChI=1S/C22H19NO5/c1-26-18-5-3-4-16(12-18)21(24)17(13-23)10-14-6-9-19(20(11-14)27-2)28-22(25)15-7-8-15/h3-6,9-12,15H,7-8H2,1-2H3/b17-10+. The van der Waals surface area contributed by atoms with E-state index in [1.54, 1.807) is 42.5 Å². The van der Waals surface area contributed by atoms with Crippen LogP contribution < -0.4 is 14.2 Å². The summed E-state index contributed by atoms with van der Waals surface area (Å²) in [4.78, 5) is 24.5. The first-order valence-electron chi connectivity index (χ1n) is 8.76. The molecule has 1 aliphatic carbocycles. The third-order valence-corrected chi connectivity index (χ3v) is 4.32. The molecule has 6 nitrogen and oxygen atoms in total. The Morgan fingerprint density at radius 3 is 2.50 bits per heavy atom. The minimum absolute atomic E-state index is 0.0296. The van der Waals surface area contributed by atoms with E-state index in [1.165, 1.54) is 20.3 Å². The Bertz CT molecular complexity index is 983. The van der Waals surface area contributed by atoms with E-state index in [9.17, 15) is 14.9 Å². The highest BCUT2D eigenvalue weighted by atomic mass is 16.6. The Morgan fingerprint density at radius 1 is 1.07 bits per heavy atom. The summed E-state index contributed by atoms with van der Waals surface area (Å²) in [5.41, 5.74) is 0.906. The lowest BCUT2D eigenvalue weighted by Crippen LogP contribution is -2.10. The number of ether oxygens (including phenoxy) is 3. The Labute approximate surface area is 162 Å². The van der Waals surface area contributed by atoms with E-state index in [1.807, 2.05) is 6.07 Å². The molecule has 0 N–H and O–H groups in total. The summed E-state index contributed by atoms with van der Waals surface area (Å²) in [7, 11) is 2.97. The predicted molar refractivity (Wildman–Crippen MR) is 102 cm³/mol. The van der Waals surface area contributed by atoms with Gasteiger partial charge in [-0.25, -0.2) is 0 Å². The number of carbonyl (C=O) groups excluding carboxylic acids is 2. The maximum atomic E-state index is 12.7. The van der Waals surface area contributed by atoms with Crippen molar-refractivity contribution in [3.63, 3.8) is 0 Å². The molecular weight excluding hydrogens is 358 g/mol. The van der Waals surface area contributed by atoms with Crippen molar-refractivity contribution in [1.29, 1.82) is 5.26 Å². The summed E-state index contributed by atoms with van der Waals surface area (Å²) in [5, 5.41) is 9.44. The fourth-order valence-corrected chi connectivity index (χ4v) is 2.60. The van der Waals surface area contributed by atoms with E-state index in [0.29, 0.717) is 28.4 Å². The number of ketones is 1. The van der Waals surface area contributed by atoms with Crippen LogP contribution in [-0.2, 0) is 4.79 Å². The van der Waals surface area contributed by atoms with Gasteiger partial charge < -0.3 is 14.2 Å². The van der Waals surface area contributed by atoms with Crippen LogP contribution in [0.15, 0.2) is 48.0 Å². The van der Waals surface area contributed by atoms with Gasteiger partial charge in [-0.2, -0.15) is 5.26 Å². The van der Waals surface area contributed by atoms with Crippen molar-refractivity contribution in [3.05, 3.63) is 59.2 Å². The third-order valence-electron chi connectivity index (χ3n) is 4.32. The highest BCUT2D eigenvalue weighted by Crippen LogP contribution is 2.34. The van der Waals surface area contributed by atoms with Crippen LogP contribution in [0.3, 0.4) is 0 Å². The molecule has 142 valence electrons. The molecule has 0 aromatic heterocycles. The highest BCUT2D eigenvalue weighted by Gasteiger charge is 2.32. The lowest BCUT2D eigenvalue weighted by atomic mass is 10.0. The van der Waals surface area contributed by atoms with Gasteiger partial charge in [0.25, 0.3) is 0 Å². The molecule has 0 heterocycles. The van der Waals surface area contributed by atoms with Gasteiger partial charge in [-0.15, -0.1) is 0 Å². The quantitative estimate of drug-likeness (QED) is 0.240. The first-order valence-corrected chi connectivity index (χ1v) is 8.76. The van der Waals surface area contributed by atoms with E-state index in [2.05, 4.69) is 0 Å². The number of Topliss-reactive ketones (excluding diaryl/α,β-unsaturated/α-hetero) is 1. The molecule has 2 aromatic carbocycles. The number of benzene rings is 2. The van der Waals surface area contributed by atoms with Crippen LogP contribution in [-0.4, -0.2) is 26.0 Å². The Kier molecular flexibility index (Phi) is 5.75. The second-order valence-electron chi connectivity index (χ2n) is 6.34. The van der Waals surface area contributed by atoms with Crippen molar-refractivity contribution >= 4 is 17.8 Å². The van der Waals surface area contributed by atoms with Crippen LogP contribution in [0, 0.1) is 17.2 Å². The van der Waals surface area contributed by atoms with Gasteiger partial charge in [0.2, 0.25) is 5.78 Å². The number of hydrogen-bond acceptors (Lipinski definition) is 6. The SMILES string of the molecule is COc1cccc(C(=O)/C(C#N)=C/c2ccc(OC(=O)C3CC3)c(OC)c2)c1. The van der Waals surface area contributed by atoms with Crippen molar-refractivity contribution in [2.45, 2.75) is 12.8 Å². The number of methoxy groups -OCH3 is 2. The van der Waals surface area contributed by atoms with Crippen LogP contribution in [0.5, 0.6) is 17.2 Å². The number of esters is 1. The van der Waals surface area contributed by atoms with Gasteiger partial charge >= 0.3 is 5.97 Å². The average Bonchev–Trinajstić information content (AvgIpc) is 3.57. The zero-order valence-corrected chi connectivity index (χ0v) is 15.6. The number of carbonyl (C=O) groups is 2. The molecule has 2 aromatic rings. The molecule has 0 atom stereocenters. The van der Waals surface area contributed by atoms with Gasteiger partial charge in [-0.05, 0) is 48.7 Å². The number of hydrogen-bond donors (Lipinski definition) is 0. The number of allylic oxidation sites excluding steroid dienone is 1. The van der Waals surface area contributed by atoms with E-state index < -0.39 is 5.78 Å². The molecule has 0 bridgehead atoms. The third kappa shape index (κ3) is 4.38. The van der Waals surface area contributed by atoms with Crippen LogP contribution in [0.4, 0.5) is 0 Å². The first kappa shape index (κ1) is 19.2. The van der Waals surface area contributed by atoms with Gasteiger partial charge in [0.1, 0.15) is 17.4 Å². The van der Waals surface area contributed by atoms with Crippen molar-refractivity contribution in [3.8, 4) is 23.3 Å². The van der Waals surface area contributed by atoms with Crippen LogP contribution >= 0.6 is 0 Å².